The van der Waals surface area contributed by atoms with Crippen LogP contribution in [-0.4, -0.2) is 24.5 Å². The van der Waals surface area contributed by atoms with E-state index in [9.17, 15) is 4.79 Å². The zero-order chi connectivity index (χ0) is 12.6. The molecule has 5 heteroatoms. The predicted molar refractivity (Wildman–Crippen MR) is 68.2 cm³/mol. The van der Waals surface area contributed by atoms with Gasteiger partial charge in [0.1, 0.15) is 5.52 Å². The minimum atomic E-state index is -0.217. The second-order valence-corrected chi connectivity index (χ2v) is 4.80. The fraction of sp³-hybridized carbons (Fsp3) is 0.385. The summed E-state index contributed by atoms with van der Waals surface area (Å²) in [5.74, 6) is 0.0794. The smallest absolute Gasteiger partial charge is 0.231 e. The lowest BCUT2D eigenvalue weighted by atomic mass is 10.1. The highest BCUT2D eigenvalue weighted by atomic mass is 16.3. The molecule has 0 aliphatic heterocycles. The molecule has 18 heavy (non-hydrogen) atoms. The van der Waals surface area contributed by atoms with Gasteiger partial charge < -0.3 is 15.1 Å². The number of oxazole rings is 1. The van der Waals surface area contributed by atoms with E-state index < -0.39 is 0 Å². The Bertz CT molecular complexity index is 587. The van der Waals surface area contributed by atoms with Gasteiger partial charge in [-0.1, -0.05) is 0 Å². The number of amides is 1. The van der Waals surface area contributed by atoms with Gasteiger partial charge in [0.2, 0.25) is 5.91 Å². The number of nitrogens with zero attached hydrogens (tertiary/aromatic N) is 1. The minimum absolute atomic E-state index is 0.0794. The Morgan fingerprint density at radius 1 is 1.50 bits per heavy atom. The second kappa shape index (κ2) is 4.10. The molecule has 1 aromatic heterocycles. The molecule has 0 bridgehead atoms. The molecule has 0 unspecified atom stereocenters. The normalized spacial score (nSPS) is 16.7. The number of nitrogens with one attached hydrogen (secondary N) is 2. The summed E-state index contributed by atoms with van der Waals surface area (Å²) in [7, 11) is 1.87. The standard InChI is InChI=1S/C13H15N3O2/c1-14-7-13(4-5-13)12(17)16-9-2-3-10-11(6-9)18-8-15-10/h2-3,6,8,14H,4-5,7H2,1H3,(H,16,17). The molecule has 1 aliphatic carbocycles. The van der Waals surface area contributed by atoms with Crippen molar-refractivity contribution in [3.63, 3.8) is 0 Å². The van der Waals surface area contributed by atoms with Crippen LogP contribution in [-0.2, 0) is 4.79 Å². The maximum absolute atomic E-state index is 12.2. The highest BCUT2D eigenvalue weighted by Gasteiger charge is 2.49. The summed E-state index contributed by atoms with van der Waals surface area (Å²) in [4.78, 5) is 16.2. The summed E-state index contributed by atoms with van der Waals surface area (Å²) in [6.07, 6.45) is 3.30. The van der Waals surface area contributed by atoms with E-state index in [-0.39, 0.29) is 11.3 Å². The quantitative estimate of drug-likeness (QED) is 0.861. The van der Waals surface area contributed by atoms with Crippen LogP contribution in [0.15, 0.2) is 29.0 Å². The van der Waals surface area contributed by atoms with Crippen LogP contribution in [0.2, 0.25) is 0 Å². The molecule has 94 valence electrons. The van der Waals surface area contributed by atoms with Crippen LogP contribution in [0.5, 0.6) is 0 Å². The maximum Gasteiger partial charge on any atom is 0.231 e. The molecule has 1 heterocycles. The summed E-state index contributed by atoms with van der Waals surface area (Å²) in [5.41, 5.74) is 2.02. The molecule has 0 atom stereocenters. The first-order chi connectivity index (χ1) is 8.73. The van der Waals surface area contributed by atoms with E-state index >= 15 is 0 Å². The van der Waals surface area contributed by atoms with Gasteiger partial charge in [0.15, 0.2) is 12.0 Å². The molecule has 2 N–H and O–H groups in total. The summed E-state index contributed by atoms with van der Waals surface area (Å²) < 4.78 is 5.21. The Hall–Kier alpha value is -1.88. The third-order valence-electron chi connectivity index (χ3n) is 3.44. The molecule has 1 aliphatic rings. The largest absolute Gasteiger partial charge is 0.443 e. The van der Waals surface area contributed by atoms with Crippen LogP contribution in [0.4, 0.5) is 5.69 Å². The van der Waals surface area contributed by atoms with Crippen LogP contribution in [0.3, 0.4) is 0 Å². The summed E-state index contributed by atoms with van der Waals surface area (Å²) in [6, 6.07) is 5.49. The number of hydrogen-bond acceptors (Lipinski definition) is 4. The fourth-order valence-electron chi connectivity index (χ4n) is 2.17. The van der Waals surface area contributed by atoms with E-state index in [1.807, 2.05) is 19.2 Å². The van der Waals surface area contributed by atoms with Gasteiger partial charge in [-0.2, -0.15) is 0 Å². The fourth-order valence-corrected chi connectivity index (χ4v) is 2.17. The van der Waals surface area contributed by atoms with Crippen molar-refractivity contribution in [2.24, 2.45) is 5.41 Å². The molecular weight excluding hydrogens is 230 g/mol. The lowest BCUT2D eigenvalue weighted by Gasteiger charge is -2.14. The van der Waals surface area contributed by atoms with E-state index in [1.54, 1.807) is 6.07 Å². The maximum atomic E-state index is 12.2. The highest BCUT2D eigenvalue weighted by molar-refractivity contribution is 5.98. The SMILES string of the molecule is CNCC1(C(=O)Nc2ccc3ncoc3c2)CC1. The number of rotatable bonds is 4. The molecule has 1 fully saturated rings. The van der Waals surface area contributed by atoms with Crippen molar-refractivity contribution in [2.45, 2.75) is 12.8 Å². The molecule has 0 saturated heterocycles. The lowest BCUT2D eigenvalue weighted by Crippen LogP contribution is -2.32. The number of carbonyl (C=O) groups excluding carboxylic acids is 1. The molecule has 2 aromatic rings. The van der Waals surface area contributed by atoms with Crippen LogP contribution in [0.1, 0.15) is 12.8 Å². The minimum Gasteiger partial charge on any atom is -0.443 e. The van der Waals surface area contributed by atoms with Gasteiger partial charge in [0.25, 0.3) is 0 Å². The molecule has 3 rings (SSSR count). The number of carbonyl (C=O) groups is 1. The molecule has 0 spiro atoms. The van der Waals surface area contributed by atoms with E-state index in [4.69, 9.17) is 4.42 Å². The first-order valence-electron chi connectivity index (χ1n) is 6.03. The van der Waals surface area contributed by atoms with Crippen LogP contribution >= 0.6 is 0 Å². The van der Waals surface area contributed by atoms with Gasteiger partial charge in [-0.3, -0.25) is 4.79 Å². The Kier molecular flexibility index (Phi) is 2.56. The lowest BCUT2D eigenvalue weighted by molar-refractivity contribution is -0.120. The Labute approximate surface area is 105 Å². The first-order valence-corrected chi connectivity index (χ1v) is 6.03. The Balaban J connectivity index is 1.77. The van der Waals surface area contributed by atoms with Crippen LogP contribution < -0.4 is 10.6 Å². The van der Waals surface area contributed by atoms with Crippen molar-refractivity contribution in [2.75, 3.05) is 18.9 Å². The van der Waals surface area contributed by atoms with Crippen LogP contribution in [0, 0.1) is 5.41 Å². The van der Waals surface area contributed by atoms with E-state index in [2.05, 4.69) is 15.6 Å². The van der Waals surface area contributed by atoms with Gasteiger partial charge in [0.05, 0.1) is 5.41 Å². The van der Waals surface area contributed by atoms with Gasteiger partial charge in [-0.25, -0.2) is 4.98 Å². The van der Waals surface area contributed by atoms with Gasteiger partial charge in [-0.05, 0) is 32.0 Å². The molecule has 5 nitrogen and oxygen atoms in total. The summed E-state index contributed by atoms with van der Waals surface area (Å²) >= 11 is 0. The van der Waals surface area contributed by atoms with E-state index in [0.29, 0.717) is 5.58 Å². The summed E-state index contributed by atoms with van der Waals surface area (Å²) in [5, 5.41) is 6.02. The number of hydrogen-bond donors (Lipinski definition) is 2. The predicted octanol–water partition coefficient (Wildman–Crippen LogP) is 1.77. The van der Waals surface area contributed by atoms with Gasteiger partial charge in [0, 0.05) is 18.3 Å². The highest BCUT2D eigenvalue weighted by Crippen LogP contribution is 2.45. The number of anilines is 1. The Morgan fingerprint density at radius 3 is 3.06 bits per heavy atom. The van der Waals surface area contributed by atoms with Crippen molar-refractivity contribution in [3.8, 4) is 0 Å². The van der Waals surface area contributed by atoms with Gasteiger partial charge in [-0.15, -0.1) is 0 Å². The van der Waals surface area contributed by atoms with Gasteiger partial charge >= 0.3 is 0 Å². The number of aromatic nitrogens is 1. The average Bonchev–Trinajstić information content (AvgIpc) is 3.00. The van der Waals surface area contributed by atoms with Crippen LogP contribution in [0.25, 0.3) is 11.1 Å². The van der Waals surface area contributed by atoms with Crippen molar-refractivity contribution >= 4 is 22.7 Å². The molecular formula is C13H15N3O2. The molecule has 1 amide bonds. The van der Waals surface area contributed by atoms with E-state index in [0.717, 1.165) is 30.6 Å². The number of fused-ring (bicyclic) bond motifs is 1. The Morgan fingerprint density at radius 2 is 2.33 bits per heavy atom. The van der Waals surface area contributed by atoms with Crippen molar-refractivity contribution in [1.82, 2.24) is 10.3 Å². The van der Waals surface area contributed by atoms with Crippen molar-refractivity contribution in [3.05, 3.63) is 24.6 Å². The third kappa shape index (κ3) is 1.86. The van der Waals surface area contributed by atoms with Crippen molar-refractivity contribution < 1.29 is 9.21 Å². The first kappa shape index (κ1) is 11.2. The second-order valence-electron chi connectivity index (χ2n) is 4.80. The third-order valence-corrected chi connectivity index (χ3v) is 3.44. The topological polar surface area (TPSA) is 67.2 Å². The zero-order valence-electron chi connectivity index (χ0n) is 10.2. The zero-order valence-corrected chi connectivity index (χ0v) is 10.2. The molecule has 0 radical (unpaired) electrons. The van der Waals surface area contributed by atoms with Crippen molar-refractivity contribution in [1.29, 1.82) is 0 Å². The average molecular weight is 245 g/mol. The summed E-state index contributed by atoms with van der Waals surface area (Å²) in [6.45, 7) is 0.726. The molecule has 1 aromatic carbocycles. The van der Waals surface area contributed by atoms with E-state index in [1.165, 1.54) is 6.39 Å². The number of benzene rings is 1. The monoisotopic (exact) mass is 245 g/mol. The molecule has 1 saturated carbocycles.